The zero-order chi connectivity index (χ0) is 21.0. The SMILES string of the molecule is CCc1cccc(C)c1NC(=O)COC(=O)C1CC(=O)N(c2ccccc2C)C1. The van der Waals surface area contributed by atoms with Crippen LogP contribution in [-0.4, -0.2) is 30.9 Å². The first kappa shape index (κ1) is 20.6. The molecule has 0 saturated carbocycles. The fourth-order valence-electron chi connectivity index (χ4n) is 3.60. The number of aryl methyl sites for hydroxylation is 3. The molecule has 0 bridgehead atoms. The van der Waals surface area contributed by atoms with Crippen molar-refractivity contribution >= 4 is 29.2 Å². The molecule has 1 fully saturated rings. The van der Waals surface area contributed by atoms with Gasteiger partial charge in [0.15, 0.2) is 6.61 Å². The number of nitrogens with one attached hydrogen (secondary N) is 1. The van der Waals surface area contributed by atoms with E-state index in [2.05, 4.69) is 5.32 Å². The second-order valence-corrected chi connectivity index (χ2v) is 7.31. The van der Waals surface area contributed by atoms with Crippen LogP contribution in [0.15, 0.2) is 42.5 Å². The Bertz CT molecular complexity index is 938. The molecule has 2 amide bonds. The zero-order valence-corrected chi connectivity index (χ0v) is 17.0. The monoisotopic (exact) mass is 394 g/mol. The third kappa shape index (κ3) is 4.65. The van der Waals surface area contributed by atoms with Gasteiger partial charge in [0.25, 0.3) is 5.91 Å². The Labute approximate surface area is 170 Å². The van der Waals surface area contributed by atoms with E-state index in [-0.39, 0.29) is 31.4 Å². The van der Waals surface area contributed by atoms with E-state index in [0.29, 0.717) is 0 Å². The average Bonchev–Trinajstić information content (AvgIpc) is 3.09. The molecule has 29 heavy (non-hydrogen) atoms. The first-order valence-corrected chi connectivity index (χ1v) is 9.81. The minimum atomic E-state index is -0.570. The van der Waals surface area contributed by atoms with Crippen LogP contribution in [-0.2, 0) is 25.5 Å². The predicted octanol–water partition coefficient (Wildman–Crippen LogP) is 3.40. The minimum absolute atomic E-state index is 0.0898. The number of hydrogen-bond donors (Lipinski definition) is 1. The average molecular weight is 394 g/mol. The second-order valence-electron chi connectivity index (χ2n) is 7.31. The Balaban J connectivity index is 1.57. The van der Waals surface area contributed by atoms with Gasteiger partial charge in [0.2, 0.25) is 5.91 Å². The van der Waals surface area contributed by atoms with Crippen LogP contribution in [0.25, 0.3) is 0 Å². The van der Waals surface area contributed by atoms with Gasteiger partial charge in [-0.2, -0.15) is 0 Å². The van der Waals surface area contributed by atoms with Gasteiger partial charge in [-0.25, -0.2) is 0 Å². The maximum absolute atomic E-state index is 12.4. The first-order valence-electron chi connectivity index (χ1n) is 9.81. The van der Waals surface area contributed by atoms with Crippen LogP contribution in [0.3, 0.4) is 0 Å². The second kappa shape index (κ2) is 8.90. The minimum Gasteiger partial charge on any atom is -0.455 e. The van der Waals surface area contributed by atoms with Crippen molar-refractivity contribution in [1.82, 2.24) is 0 Å². The van der Waals surface area contributed by atoms with Crippen molar-refractivity contribution < 1.29 is 19.1 Å². The molecule has 2 aromatic rings. The Hall–Kier alpha value is -3.15. The summed E-state index contributed by atoms with van der Waals surface area (Å²) >= 11 is 0. The Morgan fingerprint density at radius 3 is 2.55 bits per heavy atom. The number of nitrogens with zero attached hydrogens (tertiary/aromatic N) is 1. The molecule has 1 atom stereocenters. The van der Waals surface area contributed by atoms with E-state index in [0.717, 1.165) is 34.5 Å². The topological polar surface area (TPSA) is 75.7 Å². The van der Waals surface area contributed by atoms with Crippen molar-refractivity contribution in [2.24, 2.45) is 5.92 Å². The standard InChI is InChI=1S/C23H26N2O4/c1-4-17-10-7-9-16(3)22(17)24-20(26)14-29-23(28)18-12-21(27)25(13-18)19-11-6-5-8-15(19)2/h5-11,18H,4,12-14H2,1-3H3,(H,24,26). The van der Waals surface area contributed by atoms with E-state index in [1.165, 1.54) is 0 Å². The van der Waals surface area contributed by atoms with Crippen LogP contribution in [0.5, 0.6) is 0 Å². The third-order valence-electron chi connectivity index (χ3n) is 5.21. The number of benzene rings is 2. The lowest BCUT2D eigenvalue weighted by Crippen LogP contribution is -2.28. The molecule has 0 aromatic heterocycles. The summed E-state index contributed by atoms with van der Waals surface area (Å²) < 4.78 is 5.21. The number of carbonyl (C=O) groups is 3. The van der Waals surface area contributed by atoms with Crippen molar-refractivity contribution in [3.05, 3.63) is 59.2 Å². The molecular weight excluding hydrogens is 368 g/mol. The summed E-state index contributed by atoms with van der Waals surface area (Å²) in [6.45, 7) is 5.76. The van der Waals surface area contributed by atoms with Gasteiger partial charge >= 0.3 is 5.97 Å². The third-order valence-corrected chi connectivity index (χ3v) is 5.21. The number of hydrogen-bond acceptors (Lipinski definition) is 4. The Kier molecular flexibility index (Phi) is 6.32. The number of amides is 2. The van der Waals surface area contributed by atoms with Crippen LogP contribution in [0.2, 0.25) is 0 Å². The highest BCUT2D eigenvalue weighted by atomic mass is 16.5. The highest BCUT2D eigenvalue weighted by Crippen LogP contribution is 2.28. The van der Waals surface area contributed by atoms with Gasteiger partial charge in [0, 0.05) is 24.3 Å². The van der Waals surface area contributed by atoms with Gasteiger partial charge in [-0.3, -0.25) is 14.4 Å². The molecule has 3 rings (SSSR count). The summed E-state index contributed by atoms with van der Waals surface area (Å²) in [4.78, 5) is 38.7. The lowest BCUT2D eigenvalue weighted by molar-refractivity contribution is -0.151. The summed E-state index contributed by atoms with van der Waals surface area (Å²) in [6.07, 6.45) is 0.878. The molecule has 1 saturated heterocycles. The summed E-state index contributed by atoms with van der Waals surface area (Å²) in [5.41, 5.74) is 4.52. The maximum Gasteiger partial charge on any atom is 0.311 e. The maximum atomic E-state index is 12.4. The fourth-order valence-corrected chi connectivity index (χ4v) is 3.60. The quantitative estimate of drug-likeness (QED) is 0.762. The molecule has 0 radical (unpaired) electrons. The summed E-state index contributed by atoms with van der Waals surface area (Å²) in [7, 11) is 0. The molecule has 1 N–H and O–H groups in total. The normalized spacial score (nSPS) is 16.0. The van der Waals surface area contributed by atoms with Crippen molar-refractivity contribution in [2.45, 2.75) is 33.6 Å². The van der Waals surface area contributed by atoms with E-state index in [4.69, 9.17) is 4.74 Å². The summed E-state index contributed by atoms with van der Waals surface area (Å²) in [5.74, 6) is -1.59. The van der Waals surface area contributed by atoms with Crippen LogP contribution in [0.1, 0.15) is 30.0 Å². The number of carbonyl (C=O) groups excluding carboxylic acids is 3. The number of ether oxygens (including phenoxy) is 1. The van der Waals surface area contributed by atoms with Crippen LogP contribution in [0, 0.1) is 19.8 Å². The van der Waals surface area contributed by atoms with Gasteiger partial charge < -0.3 is 15.0 Å². The van der Waals surface area contributed by atoms with E-state index >= 15 is 0 Å². The zero-order valence-electron chi connectivity index (χ0n) is 17.0. The molecule has 1 heterocycles. The van der Waals surface area contributed by atoms with Gasteiger partial charge in [-0.15, -0.1) is 0 Å². The Morgan fingerprint density at radius 2 is 1.83 bits per heavy atom. The number of anilines is 2. The van der Waals surface area contributed by atoms with E-state index in [1.807, 2.05) is 63.2 Å². The summed E-state index contributed by atoms with van der Waals surface area (Å²) in [5, 5.41) is 2.83. The molecule has 0 aliphatic carbocycles. The molecular formula is C23H26N2O4. The molecule has 0 spiro atoms. The van der Waals surface area contributed by atoms with Crippen molar-refractivity contribution in [2.75, 3.05) is 23.4 Å². The van der Waals surface area contributed by atoms with Gasteiger partial charge in [0.1, 0.15) is 0 Å². The van der Waals surface area contributed by atoms with Crippen LogP contribution in [0.4, 0.5) is 11.4 Å². The molecule has 152 valence electrons. The smallest absolute Gasteiger partial charge is 0.311 e. The van der Waals surface area contributed by atoms with Gasteiger partial charge in [-0.1, -0.05) is 43.3 Å². The van der Waals surface area contributed by atoms with Crippen LogP contribution >= 0.6 is 0 Å². The lowest BCUT2D eigenvalue weighted by atomic mass is 10.1. The van der Waals surface area contributed by atoms with Crippen molar-refractivity contribution in [3.8, 4) is 0 Å². The number of esters is 1. The van der Waals surface area contributed by atoms with E-state index in [1.54, 1.807) is 4.90 Å². The van der Waals surface area contributed by atoms with Crippen molar-refractivity contribution in [1.29, 1.82) is 0 Å². The first-order chi connectivity index (χ1) is 13.9. The molecule has 6 heteroatoms. The molecule has 6 nitrogen and oxygen atoms in total. The van der Waals surface area contributed by atoms with Gasteiger partial charge in [0.05, 0.1) is 5.92 Å². The highest BCUT2D eigenvalue weighted by molar-refractivity contribution is 6.00. The largest absolute Gasteiger partial charge is 0.455 e. The number of rotatable bonds is 6. The number of para-hydroxylation sites is 2. The van der Waals surface area contributed by atoms with E-state index < -0.39 is 11.9 Å². The fraction of sp³-hybridized carbons (Fsp3) is 0.348. The summed E-state index contributed by atoms with van der Waals surface area (Å²) in [6, 6.07) is 13.4. The van der Waals surface area contributed by atoms with Crippen LogP contribution < -0.4 is 10.2 Å². The van der Waals surface area contributed by atoms with Gasteiger partial charge in [-0.05, 0) is 43.0 Å². The highest BCUT2D eigenvalue weighted by Gasteiger charge is 2.36. The molecule has 2 aromatic carbocycles. The predicted molar refractivity (Wildman–Crippen MR) is 112 cm³/mol. The van der Waals surface area contributed by atoms with Crippen molar-refractivity contribution in [3.63, 3.8) is 0 Å². The molecule has 1 unspecified atom stereocenters. The lowest BCUT2D eigenvalue weighted by Gasteiger charge is -2.18. The molecule has 1 aliphatic heterocycles. The molecule has 1 aliphatic rings. The Morgan fingerprint density at radius 1 is 1.10 bits per heavy atom. The van der Waals surface area contributed by atoms with E-state index in [9.17, 15) is 14.4 Å².